The van der Waals surface area contributed by atoms with Crippen LogP contribution in [-0.2, 0) is 21.4 Å². The minimum Gasteiger partial charge on any atom is -0.508 e. The Morgan fingerprint density at radius 1 is 1.22 bits per heavy atom. The number of phenols is 1. The topological polar surface area (TPSA) is 120 Å². The number of nitrogens with zero attached hydrogens (tertiary/aromatic N) is 2. The summed E-state index contributed by atoms with van der Waals surface area (Å²) in [6.07, 6.45) is 3.07. The first-order valence-electron chi connectivity index (χ1n) is 7.91. The van der Waals surface area contributed by atoms with Crippen LogP contribution >= 0.6 is 12.4 Å². The van der Waals surface area contributed by atoms with Gasteiger partial charge in [-0.15, -0.1) is 12.4 Å². The van der Waals surface area contributed by atoms with Crippen molar-refractivity contribution in [3.05, 3.63) is 54.4 Å². The quantitative estimate of drug-likeness (QED) is 0.469. The van der Waals surface area contributed by atoms with Crippen LogP contribution in [0.15, 0.2) is 53.7 Å². The minimum absolute atomic E-state index is 0. The van der Waals surface area contributed by atoms with Crippen LogP contribution < -0.4 is 5.48 Å². The minimum atomic E-state index is -4.09. The summed E-state index contributed by atoms with van der Waals surface area (Å²) in [4.78, 5) is 16.1. The number of carbonyl (C=O) groups excluding carboxylic acids is 1. The molecule has 3 N–H and O–H groups in total. The van der Waals surface area contributed by atoms with Gasteiger partial charge in [0.1, 0.15) is 11.8 Å². The molecule has 0 spiro atoms. The van der Waals surface area contributed by atoms with E-state index in [9.17, 15) is 18.3 Å². The molecule has 0 saturated heterocycles. The van der Waals surface area contributed by atoms with Crippen LogP contribution in [0.3, 0.4) is 0 Å². The van der Waals surface area contributed by atoms with E-state index in [1.54, 1.807) is 37.7 Å². The number of hydrogen-bond acceptors (Lipinski definition) is 6. The third-order valence-corrected chi connectivity index (χ3v) is 5.67. The number of nitrogens with one attached hydrogen (secondary N) is 1. The maximum atomic E-state index is 13.2. The van der Waals surface area contributed by atoms with Gasteiger partial charge >= 0.3 is 0 Å². The number of halogens is 1. The van der Waals surface area contributed by atoms with Gasteiger partial charge in [-0.05, 0) is 41.8 Å². The lowest BCUT2D eigenvalue weighted by atomic mass is 10.0. The molecule has 2 rings (SSSR count). The molecule has 1 heterocycles. The molecule has 0 aliphatic heterocycles. The maximum Gasteiger partial charge on any atom is 0.262 e. The Morgan fingerprint density at radius 2 is 1.85 bits per heavy atom. The number of benzene rings is 1. The van der Waals surface area contributed by atoms with Gasteiger partial charge in [0, 0.05) is 18.9 Å². The Kier molecular flexibility index (Phi) is 8.17. The lowest BCUT2D eigenvalue weighted by Crippen LogP contribution is -2.51. The van der Waals surface area contributed by atoms with Crippen molar-refractivity contribution >= 4 is 28.3 Å². The first kappa shape index (κ1) is 22.8. The normalized spacial score (nSPS) is 12.5. The summed E-state index contributed by atoms with van der Waals surface area (Å²) in [6.45, 7) is 3.26. The summed E-state index contributed by atoms with van der Waals surface area (Å²) in [6, 6.07) is 7.25. The summed E-state index contributed by atoms with van der Waals surface area (Å²) in [7, 11) is -4.09. The second-order valence-electron chi connectivity index (χ2n) is 6.07. The number of pyridine rings is 1. The van der Waals surface area contributed by atoms with Gasteiger partial charge < -0.3 is 5.11 Å². The molecule has 8 nitrogen and oxygen atoms in total. The molecule has 27 heavy (non-hydrogen) atoms. The van der Waals surface area contributed by atoms with Crippen LogP contribution in [-0.4, -0.2) is 40.0 Å². The zero-order valence-corrected chi connectivity index (χ0v) is 16.4. The molecule has 2 aromatic rings. The van der Waals surface area contributed by atoms with Crippen LogP contribution in [0.1, 0.15) is 19.4 Å². The Labute approximate surface area is 164 Å². The third-order valence-electron chi connectivity index (χ3n) is 3.83. The highest BCUT2D eigenvalue weighted by molar-refractivity contribution is 7.89. The average molecular weight is 416 g/mol. The van der Waals surface area contributed by atoms with Gasteiger partial charge in [-0.25, -0.2) is 13.9 Å². The number of carbonyl (C=O) groups is 1. The Hall–Kier alpha value is -2.20. The van der Waals surface area contributed by atoms with E-state index in [4.69, 9.17) is 5.21 Å². The molecule has 1 aromatic carbocycles. The molecule has 1 aromatic heterocycles. The molecular formula is C17H22ClN3O5S. The van der Waals surface area contributed by atoms with Crippen LogP contribution in [0.5, 0.6) is 5.75 Å². The highest BCUT2D eigenvalue weighted by Gasteiger charge is 2.38. The van der Waals surface area contributed by atoms with Crippen molar-refractivity contribution in [2.45, 2.75) is 31.3 Å². The summed E-state index contributed by atoms with van der Waals surface area (Å²) >= 11 is 0. The first-order valence-corrected chi connectivity index (χ1v) is 9.35. The molecule has 1 atom stereocenters. The standard InChI is InChI=1S/C17H21N3O5S.ClH/c1-12(2)16(17(22)19-23)20(11-13-4-3-9-18-10-13)26(24,25)15-7-5-14(21)6-8-15;/h3-10,12,16,21,23H,11H2,1-2H3,(H,19,22);1H. The van der Waals surface area contributed by atoms with Gasteiger partial charge in [0.2, 0.25) is 10.0 Å². The molecule has 10 heteroatoms. The zero-order chi connectivity index (χ0) is 19.3. The van der Waals surface area contributed by atoms with E-state index >= 15 is 0 Å². The lowest BCUT2D eigenvalue weighted by molar-refractivity contribution is -0.134. The highest BCUT2D eigenvalue weighted by Crippen LogP contribution is 2.25. The van der Waals surface area contributed by atoms with Crippen molar-refractivity contribution < 1.29 is 23.5 Å². The van der Waals surface area contributed by atoms with E-state index in [1.165, 1.54) is 30.5 Å². The second-order valence-corrected chi connectivity index (χ2v) is 7.96. The van der Waals surface area contributed by atoms with E-state index < -0.39 is 27.9 Å². The van der Waals surface area contributed by atoms with Gasteiger partial charge in [-0.1, -0.05) is 19.9 Å². The molecule has 0 saturated carbocycles. The molecule has 0 radical (unpaired) electrons. The Bertz CT molecular complexity index is 845. The van der Waals surface area contributed by atoms with Crippen molar-refractivity contribution in [2.75, 3.05) is 0 Å². The molecule has 0 bridgehead atoms. The van der Waals surface area contributed by atoms with Crippen LogP contribution in [0, 0.1) is 5.92 Å². The van der Waals surface area contributed by atoms with Crippen LogP contribution in [0.4, 0.5) is 0 Å². The fraction of sp³-hybridized carbons (Fsp3) is 0.294. The van der Waals surface area contributed by atoms with Crippen molar-refractivity contribution in [1.29, 1.82) is 0 Å². The lowest BCUT2D eigenvalue weighted by Gasteiger charge is -2.31. The van der Waals surface area contributed by atoms with E-state index in [0.717, 1.165) is 4.31 Å². The predicted molar refractivity (Wildman–Crippen MR) is 101 cm³/mol. The van der Waals surface area contributed by atoms with E-state index in [2.05, 4.69) is 4.98 Å². The maximum absolute atomic E-state index is 13.2. The molecule has 0 fully saturated rings. The van der Waals surface area contributed by atoms with Crippen molar-refractivity contribution in [3.8, 4) is 5.75 Å². The largest absolute Gasteiger partial charge is 0.508 e. The van der Waals surface area contributed by atoms with Gasteiger partial charge in [0.15, 0.2) is 0 Å². The number of aromatic hydroxyl groups is 1. The number of hydrogen-bond donors (Lipinski definition) is 3. The SMILES string of the molecule is CC(C)C(C(=O)NO)N(Cc1cccnc1)S(=O)(=O)c1ccc(O)cc1.Cl. The number of hydroxylamine groups is 1. The van der Waals surface area contributed by atoms with Gasteiger partial charge in [-0.2, -0.15) is 4.31 Å². The fourth-order valence-corrected chi connectivity index (χ4v) is 4.30. The van der Waals surface area contributed by atoms with E-state index in [1.807, 2.05) is 0 Å². The molecule has 1 unspecified atom stereocenters. The summed E-state index contributed by atoms with van der Waals surface area (Å²) < 4.78 is 27.4. The molecular weight excluding hydrogens is 394 g/mol. The molecule has 0 aliphatic carbocycles. The summed E-state index contributed by atoms with van der Waals surface area (Å²) in [5, 5.41) is 18.5. The van der Waals surface area contributed by atoms with Crippen molar-refractivity contribution in [1.82, 2.24) is 14.8 Å². The van der Waals surface area contributed by atoms with Gasteiger partial charge in [0.25, 0.3) is 5.91 Å². The Morgan fingerprint density at radius 3 is 2.33 bits per heavy atom. The summed E-state index contributed by atoms with van der Waals surface area (Å²) in [5.41, 5.74) is 2.13. The smallest absolute Gasteiger partial charge is 0.262 e. The van der Waals surface area contributed by atoms with Crippen molar-refractivity contribution in [2.24, 2.45) is 5.92 Å². The monoisotopic (exact) mass is 415 g/mol. The Balaban J connectivity index is 0.00000364. The van der Waals surface area contributed by atoms with Crippen LogP contribution in [0.25, 0.3) is 0 Å². The zero-order valence-electron chi connectivity index (χ0n) is 14.8. The second kappa shape index (κ2) is 9.65. The number of sulfonamides is 1. The third kappa shape index (κ3) is 5.39. The van der Waals surface area contributed by atoms with Crippen molar-refractivity contribution in [3.63, 3.8) is 0 Å². The summed E-state index contributed by atoms with van der Waals surface area (Å²) in [5.74, 6) is -1.31. The number of rotatable bonds is 7. The van der Waals surface area contributed by atoms with Gasteiger partial charge in [0.05, 0.1) is 4.90 Å². The predicted octanol–water partition coefficient (Wildman–Crippen LogP) is 1.93. The average Bonchev–Trinajstić information content (AvgIpc) is 2.62. The van der Waals surface area contributed by atoms with Gasteiger partial charge in [-0.3, -0.25) is 15.0 Å². The van der Waals surface area contributed by atoms with E-state index in [0.29, 0.717) is 5.56 Å². The number of aromatic nitrogens is 1. The molecule has 0 aliphatic rings. The highest BCUT2D eigenvalue weighted by atomic mass is 35.5. The first-order chi connectivity index (χ1) is 12.3. The number of amides is 1. The van der Waals surface area contributed by atoms with Crippen LogP contribution in [0.2, 0.25) is 0 Å². The number of phenolic OH excluding ortho intramolecular Hbond substituents is 1. The fourth-order valence-electron chi connectivity index (χ4n) is 2.59. The molecule has 1 amide bonds. The molecule has 148 valence electrons. The van der Waals surface area contributed by atoms with E-state index in [-0.39, 0.29) is 29.6 Å².